The van der Waals surface area contributed by atoms with Crippen LogP contribution in [0.2, 0.25) is 0 Å². The maximum Gasteiger partial charge on any atom is 0.331 e. The van der Waals surface area contributed by atoms with Gasteiger partial charge in [-0.25, -0.2) is 4.79 Å². The third-order valence-electron chi connectivity index (χ3n) is 3.27. The molecule has 0 aliphatic carbocycles. The molecule has 0 saturated carbocycles. The van der Waals surface area contributed by atoms with Gasteiger partial charge < -0.3 is 24.8 Å². The number of nitrogen functional groups attached to an aromatic ring is 1. The summed E-state index contributed by atoms with van der Waals surface area (Å²) in [5, 5.41) is 0. The number of hydrogen-bond acceptors (Lipinski definition) is 9. The second-order valence-corrected chi connectivity index (χ2v) is 5.35. The van der Waals surface area contributed by atoms with Crippen molar-refractivity contribution in [1.82, 2.24) is 15.0 Å². The normalized spacial score (nSPS) is 10.6. The van der Waals surface area contributed by atoms with Crippen molar-refractivity contribution >= 4 is 23.9 Å². The van der Waals surface area contributed by atoms with E-state index in [4.69, 9.17) is 19.9 Å². The van der Waals surface area contributed by atoms with Crippen molar-refractivity contribution < 1.29 is 19.0 Å². The minimum absolute atomic E-state index is 0.0615. The van der Waals surface area contributed by atoms with Crippen molar-refractivity contribution in [2.24, 2.45) is 0 Å². The zero-order valence-electron chi connectivity index (χ0n) is 15.1. The molecule has 2 rings (SSSR count). The SMILES string of the molecule is COc1ccc(OC)c(/C=C/C(=O)OCc2nc(N)nc(N(C)C)n2)c1. The molecular weight excluding hydrogens is 338 g/mol. The van der Waals surface area contributed by atoms with Crippen LogP contribution in [0.1, 0.15) is 11.4 Å². The van der Waals surface area contributed by atoms with Gasteiger partial charge in [0.2, 0.25) is 11.9 Å². The minimum Gasteiger partial charge on any atom is -0.497 e. The molecule has 138 valence electrons. The summed E-state index contributed by atoms with van der Waals surface area (Å²) < 4.78 is 15.6. The van der Waals surface area contributed by atoms with E-state index >= 15 is 0 Å². The molecule has 0 fully saturated rings. The summed E-state index contributed by atoms with van der Waals surface area (Å²) in [5.41, 5.74) is 6.31. The van der Waals surface area contributed by atoms with E-state index in [1.54, 1.807) is 57.5 Å². The third-order valence-corrected chi connectivity index (χ3v) is 3.27. The number of aromatic nitrogens is 3. The number of hydrogen-bond donors (Lipinski definition) is 1. The first-order valence-electron chi connectivity index (χ1n) is 7.67. The number of carbonyl (C=O) groups is 1. The van der Waals surface area contributed by atoms with Crippen LogP contribution in [0.4, 0.5) is 11.9 Å². The number of anilines is 2. The highest BCUT2D eigenvalue weighted by atomic mass is 16.5. The van der Waals surface area contributed by atoms with Gasteiger partial charge in [-0.1, -0.05) is 0 Å². The van der Waals surface area contributed by atoms with Crippen LogP contribution in [-0.4, -0.2) is 49.2 Å². The molecule has 1 heterocycles. The monoisotopic (exact) mass is 359 g/mol. The van der Waals surface area contributed by atoms with Crippen LogP contribution in [0.25, 0.3) is 6.08 Å². The molecule has 26 heavy (non-hydrogen) atoms. The van der Waals surface area contributed by atoms with Gasteiger partial charge in [0.25, 0.3) is 0 Å². The van der Waals surface area contributed by atoms with Crippen LogP contribution in [0, 0.1) is 0 Å². The molecule has 2 aromatic rings. The van der Waals surface area contributed by atoms with E-state index in [0.717, 1.165) is 0 Å². The summed E-state index contributed by atoms with van der Waals surface area (Å²) in [6, 6.07) is 5.26. The summed E-state index contributed by atoms with van der Waals surface area (Å²) in [6.07, 6.45) is 2.87. The van der Waals surface area contributed by atoms with Crippen LogP contribution in [0.3, 0.4) is 0 Å². The molecule has 0 amide bonds. The predicted octanol–water partition coefficient (Wildman–Crippen LogP) is 1.29. The number of ether oxygens (including phenoxy) is 3. The van der Waals surface area contributed by atoms with Crippen molar-refractivity contribution in [2.45, 2.75) is 6.61 Å². The molecule has 9 heteroatoms. The summed E-state index contributed by atoms with van der Waals surface area (Å²) in [7, 11) is 6.65. The van der Waals surface area contributed by atoms with Crippen molar-refractivity contribution in [3.05, 3.63) is 35.7 Å². The molecule has 0 saturated heterocycles. The van der Waals surface area contributed by atoms with E-state index in [9.17, 15) is 4.79 Å². The number of carbonyl (C=O) groups excluding carboxylic acids is 1. The molecule has 0 atom stereocenters. The highest BCUT2D eigenvalue weighted by Crippen LogP contribution is 2.25. The van der Waals surface area contributed by atoms with E-state index in [0.29, 0.717) is 23.0 Å². The molecule has 0 spiro atoms. The average molecular weight is 359 g/mol. The van der Waals surface area contributed by atoms with Gasteiger partial charge >= 0.3 is 5.97 Å². The maximum atomic E-state index is 12.0. The first kappa shape index (κ1) is 19.0. The second kappa shape index (κ2) is 8.65. The van der Waals surface area contributed by atoms with Crippen LogP contribution < -0.4 is 20.1 Å². The molecule has 0 radical (unpaired) electrons. The Labute approximate surface area is 151 Å². The highest BCUT2D eigenvalue weighted by Gasteiger charge is 2.08. The number of methoxy groups -OCH3 is 2. The second-order valence-electron chi connectivity index (χ2n) is 5.35. The lowest BCUT2D eigenvalue weighted by Gasteiger charge is -2.11. The van der Waals surface area contributed by atoms with Crippen LogP contribution >= 0.6 is 0 Å². The fraction of sp³-hybridized carbons (Fsp3) is 0.294. The number of nitrogens with two attached hydrogens (primary N) is 1. The molecule has 1 aromatic carbocycles. The average Bonchev–Trinajstić information content (AvgIpc) is 2.63. The lowest BCUT2D eigenvalue weighted by Crippen LogP contribution is -2.17. The van der Waals surface area contributed by atoms with E-state index in [2.05, 4.69) is 15.0 Å². The van der Waals surface area contributed by atoms with Crippen molar-refractivity contribution in [3.8, 4) is 11.5 Å². The Morgan fingerprint density at radius 3 is 2.62 bits per heavy atom. The Hall–Kier alpha value is -3.36. The molecule has 0 aliphatic rings. The molecule has 0 unspecified atom stereocenters. The van der Waals surface area contributed by atoms with Crippen LogP contribution in [0.15, 0.2) is 24.3 Å². The van der Waals surface area contributed by atoms with Crippen molar-refractivity contribution in [2.75, 3.05) is 38.9 Å². The fourth-order valence-electron chi connectivity index (χ4n) is 2.00. The van der Waals surface area contributed by atoms with Gasteiger partial charge in [-0.05, 0) is 24.3 Å². The van der Waals surface area contributed by atoms with Crippen LogP contribution in [0.5, 0.6) is 11.5 Å². The Morgan fingerprint density at radius 1 is 1.19 bits per heavy atom. The lowest BCUT2D eigenvalue weighted by molar-refractivity contribution is -0.139. The quantitative estimate of drug-likeness (QED) is 0.577. The van der Waals surface area contributed by atoms with Gasteiger partial charge in [-0.15, -0.1) is 0 Å². The largest absolute Gasteiger partial charge is 0.497 e. The van der Waals surface area contributed by atoms with E-state index in [1.807, 2.05) is 0 Å². The topological polar surface area (TPSA) is 113 Å². The van der Waals surface area contributed by atoms with Gasteiger partial charge in [0.15, 0.2) is 12.4 Å². The number of esters is 1. The molecule has 2 N–H and O–H groups in total. The Balaban J connectivity index is 2.04. The van der Waals surface area contributed by atoms with Crippen LogP contribution in [-0.2, 0) is 16.1 Å². The number of rotatable bonds is 7. The third kappa shape index (κ3) is 5.07. The maximum absolute atomic E-state index is 12.0. The summed E-state index contributed by atoms with van der Waals surface area (Å²) >= 11 is 0. The van der Waals surface area contributed by atoms with Crippen molar-refractivity contribution in [3.63, 3.8) is 0 Å². The first-order chi connectivity index (χ1) is 12.4. The van der Waals surface area contributed by atoms with E-state index in [-0.39, 0.29) is 18.4 Å². The Bertz CT molecular complexity index is 808. The lowest BCUT2D eigenvalue weighted by atomic mass is 10.1. The number of nitrogens with zero attached hydrogens (tertiary/aromatic N) is 4. The summed E-state index contributed by atoms with van der Waals surface area (Å²) in [6.45, 7) is -0.119. The molecule has 9 nitrogen and oxygen atoms in total. The molecule has 1 aromatic heterocycles. The van der Waals surface area contributed by atoms with Gasteiger partial charge in [-0.3, -0.25) is 0 Å². The minimum atomic E-state index is -0.555. The standard InChI is InChI=1S/C17H21N5O4/c1-22(2)17-20-14(19-16(18)21-17)10-26-15(23)8-5-11-9-12(24-3)6-7-13(11)25-4/h5-9H,10H2,1-4H3,(H2,18,19,20,21)/b8-5+. The number of benzene rings is 1. The van der Waals surface area contributed by atoms with Gasteiger partial charge in [0.05, 0.1) is 14.2 Å². The Kier molecular flexibility index (Phi) is 6.31. The Morgan fingerprint density at radius 2 is 1.96 bits per heavy atom. The first-order valence-corrected chi connectivity index (χ1v) is 7.67. The molecule has 0 aliphatic heterocycles. The van der Waals surface area contributed by atoms with Crippen molar-refractivity contribution in [1.29, 1.82) is 0 Å². The zero-order valence-corrected chi connectivity index (χ0v) is 15.1. The highest BCUT2D eigenvalue weighted by molar-refractivity contribution is 5.87. The zero-order chi connectivity index (χ0) is 19.1. The van der Waals surface area contributed by atoms with E-state index < -0.39 is 5.97 Å². The molecule has 0 bridgehead atoms. The van der Waals surface area contributed by atoms with Gasteiger partial charge in [-0.2, -0.15) is 15.0 Å². The summed E-state index contributed by atoms with van der Waals surface area (Å²) in [5.74, 6) is 1.42. The van der Waals surface area contributed by atoms with Gasteiger partial charge in [0, 0.05) is 25.7 Å². The smallest absolute Gasteiger partial charge is 0.331 e. The van der Waals surface area contributed by atoms with E-state index in [1.165, 1.54) is 6.08 Å². The predicted molar refractivity (Wildman–Crippen MR) is 96.9 cm³/mol. The summed E-state index contributed by atoms with van der Waals surface area (Å²) in [4.78, 5) is 25.7. The fourth-order valence-corrected chi connectivity index (χ4v) is 2.00. The molecular formula is C17H21N5O4. The van der Waals surface area contributed by atoms with Gasteiger partial charge in [0.1, 0.15) is 11.5 Å².